The van der Waals surface area contributed by atoms with Gasteiger partial charge in [-0.05, 0) is 0 Å². The summed E-state index contributed by atoms with van der Waals surface area (Å²) in [4.78, 5) is 16.8. The smallest absolute Gasteiger partial charge is 0.239 e. The molecule has 0 saturated carbocycles. The first-order valence-electron chi connectivity index (χ1n) is 4.97. The second-order valence-electron chi connectivity index (χ2n) is 2.62. The zero-order chi connectivity index (χ0) is 14.2. The Morgan fingerprint density at radius 3 is 0.864 bits per heavy atom. The summed E-state index contributed by atoms with van der Waals surface area (Å²) in [6.07, 6.45) is 16.2. The van der Waals surface area contributed by atoms with Gasteiger partial charge in [-0.1, -0.05) is 0 Å². The van der Waals surface area contributed by atoms with Crippen LogP contribution in [0.5, 0.6) is 0 Å². The Morgan fingerprint density at radius 1 is 0.591 bits per heavy atom. The molecular formula is C9H15F6N6V. The summed E-state index contributed by atoms with van der Waals surface area (Å²) in [6.45, 7) is 0. The number of halogens is 6. The van der Waals surface area contributed by atoms with Gasteiger partial charge in [0.2, 0.25) is 19.0 Å². The van der Waals surface area contributed by atoms with Crippen LogP contribution < -0.4 is 29.1 Å². The topological polar surface area (TPSA) is 89.8 Å². The Labute approximate surface area is 127 Å². The molecule has 128 valence electrons. The fourth-order valence-corrected chi connectivity index (χ4v) is 0.722. The zero-order valence-electron chi connectivity index (χ0n) is 10.9. The van der Waals surface area contributed by atoms with E-state index in [1.165, 1.54) is 0 Å². The predicted molar refractivity (Wildman–Crippen MR) is 55.4 cm³/mol. The van der Waals surface area contributed by atoms with Gasteiger partial charge >= 0.3 is 26.8 Å². The molecule has 6 nitrogen and oxygen atoms in total. The molecule has 0 aliphatic rings. The summed E-state index contributed by atoms with van der Waals surface area (Å²) >= 11 is -4.69. The summed E-state index contributed by atoms with van der Waals surface area (Å²) in [5.41, 5.74) is 0. The molecule has 3 aromatic heterocycles. The molecule has 3 rings (SSSR count). The third-order valence-corrected chi connectivity index (χ3v) is 1.33. The van der Waals surface area contributed by atoms with E-state index in [4.69, 9.17) is 0 Å². The molecule has 0 aliphatic carbocycles. The number of hydrogen-bond donors (Lipinski definition) is 3. The van der Waals surface area contributed by atoms with Crippen molar-refractivity contribution >= 4 is 0 Å². The van der Waals surface area contributed by atoms with Gasteiger partial charge in [0.1, 0.15) is 37.2 Å². The van der Waals surface area contributed by atoms with Crippen LogP contribution >= 0.6 is 0 Å². The third-order valence-electron chi connectivity index (χ3n) is 1.33. The molecule has 0 fully saturated rings. The molecule has 13 heteroatoms. The molecule has 0 saturated heterocycles. The number of nitrogens with one attached hydrogen (secondary N) is 6. The first-order valence-corrected chi connectivity index (χ1v) is 6.55. The molecular weight excluding hydrogens is 357 g/mol. The second kappa shape index (κ2) is 23.9. The first kappa shape index (κ1) is 28.0. The maximum Gasteiger partial charge on any atom is 0.239 e. The van der Waals surface area contributed by atoms with E-state index in [-0.39, 0.29) is 14.1 Å². The largest absolute Gasteiger partial charge is 0.250 e. The Balaban J connectivity index is -0.0000000944. The van der Waals surface area contributed by atoms with Gasteiger partial charge in [0.05, 0.1) is 0 Å². The second-order valence-corrected chi connectivity index (χ2v) is 3.22. The molecule has 0 aromatic carbocycles. The molecule has 3 heterocycles. The summed E-state index contributed by atoms with van der Waals surface area (Å²) < 4.78 is 29.4. The SMILES string of the molecule is [F-].[F-].[F-].[F][V]([F])[F].c1c[nH+]c[nH]1.c1c[nH+]c[nH]1.c1c[nH+]c[nH]1. The Morgan fingerprint density at radius 2 is 0.818 bits per heavy atom. The van der Waals surface area contributed by atoms with Crippen LogP contribution in [-0.4, -0.2) is 15.0 Å². The van der Waals surface area contributed by atoms with Crippen molar-refractivity contribution in [3.63, 3.8) is 0 Å². The monoisotopic (exact) mass is 372 g/mol. The van der Waals surface area contributed by atoms with Gasteiger partial charge in [-0.3, -0.25) is 29.9 Å². The zero-order valence-corrected chi connectivity index (χ0v) is 12.3. The van der Waals surface area contributed by atoms with E-state index in [0.717, 1.165) is 0 Å². The molecule has 22 heavy (non-hydrogen) atoms. The van der Waals surface area contributed by atoms with Crippen LogP contribution in [0.15, 0.2) is 56.2 Å². The number of rotatable bonds is 0. The van der Waals surface area contributed by atoms with Crippen molar-refractivity contribution < 1.29 is 55.9 Å². The van der Waals surface area contributed by atoms with Gasteiger partial charge in [0.25, 0.3) is 0 Å². The quantitative estimate of drug-likeness (QED) is 0.328. The summed E-state index contributed by atoms with van der Waals surface area (Å²) in [6, 6.07) is 0. The third kappa shape index (κ3) is 30.7. The number of aromatic amines is 6. The first-order chi connectivity index (χ1) is 9.23. The van der Waals surface area contributed by atoms with Gasteiger partial charge in [-0.15, -0.1) is 0 Å². The van der Waals surface area contributed by atoms with Crippen LogP contribution in [0.3, 0.4) is 0 Å². The molecule has 0 radical (unpaired) electrons. The van der Waals surface area contributed by atoms with Crippen LogP contribution in [0.4, 0.5) is 10.2 Å². The van der Waals surface area contributed by atoms with Gasteiger partial charge in [0.15, 0.2) is 0 Å². The fraction of sp³-hybridized carbons (Fsp3) is 0. The number of H-pyrrole nitrogens is 6. The molecule has 0 bridgehead atoms. The maximum atomic E-state index is 9.81. The van der Waals surface area contributed by atoms with Crippen LogP contribution in [0.1, 0.15) is 0 Å². The average Bonchev–Trinajstić information content (AvgIpc) is 3.18. The Hall–Kier alpha value is -2.21. The van der Waals surface area contributed by atoms with Gasteiger partial charge < -0.3 is 14.1 Å². The fourth-order valence-electron chi connectivity index (χ4n) is 0.722. The van der Waals surface area contributed by atoms with Crippen molar-refractivity contribution in [2.75, 3.05) is 0 Å². The summed E-state index contributed by atoms with van der Waals surface area (Å²) in [5.74, 6) is 0. The van der Waals surface area contributed by atoms with E-state index in [1.54, 1.807) is 19.0 Å². The van der Waals surface area contributed by atoms with E-state index in [9.17, 15) is 10.2 Å². The van der Waals surface area contributed by atoms with Gasteiger partial charge in [-0.25, -0.2) is 0 Å². The summed E-state index contributed by atoms with van der Waals surface area (Å²) in [7, 11) is 0. The van der Waals surface area contributed by atoms with Crippen molar-refractivity contribution in [1.29, 1.82) is 0 Å². The minimum Gasteiger partial charge on any atom is -0.250 e. The summed E-state index contributed by atoms with van der Waals surface area (Å²) in [5, 5.41) is 0. The van der Waals surface area contributed by atoms with Crippen LogP contribution in [0, 0.1) is 0 Å². The maximum absolute atomic E-state index is 9.81. The van der Waals surface area contributed by atoms with Crippen molar-refractivity contribution in [1.82, 2.24) is 15.0 Å². The van der Waals surface area contributed by atoms with Crippen molar-refractivity contribution in [3.8, 4) is 0 Å². The molecule has 0 spiro atoms. The van der Waals surface area contributed by atoms with Gasteiger partial charge in [0, 0.05) is 0 Å². The van der Waals surface area contributed by atoms with E-state index in [2.05, 4.69) is 29.9 Å². The van der Waals surface area contributed by atoms with Crippen molar-refractivity contribution in [2.24, 2.45) is 0 Å². The van der Waals surface area contributed by atoms with Crippen molar-refractivity contribution in [2.45, 2.75) is 0 Å². The average molecular weight is 372 g/mol. The molecule has 0 atom stereocenters. The molecule has 3 aromatic rings. The number of hydrogen-bond acceptors (Lipinski definition) is 0. The predicted octanol–water partition coefficient (Wildman–Crippen LogP) is -8.24. The van der Waals surface area contributed by atoms with Crippen LogP contribution in [0.25, 0.3) is 0 Å². The standard InChI is InChI=1S/3C3H4N2.6FH.V/c3*1-2-5-3-4-1;;;;;;;/h3*1-3H,(H,4,5);6*1H;/q;;;;;;;;;+3/p-3. The van der Waals surface area contributed by atoms with Crippen LogP contribution in [0.2, 0.25) is 0 Å². The van der Waals surface area contributed by atoms with E-state index < -0.39 is 16.6 Å². The van der Waals surface area contributed by atoms with Crippen LogP contribution in [-0.2, 0) is 16.6 Å². The normalized spacial score (nSPS) is 7.09. The Bertz CT molecular complexity index is 307. The Kier molecular flexibility index (Phi) is 30.4. The van der Waals surface area contributed by atoms with E-state index in [1.807, 2.05) is 37.2 Å². The van der Waals surface area contributed by atoms with E-state index in [0.29, 0.717) is 0 Å². The molecule has 0 unspecified atom stereocenters. The number of aromatic nitrogens is 6. The van der Waals surface area contributed by atoms with Gasteiger partial charge in [-0.2, -0.15) is 0 Å². The molecule has 6 N–H and O–H groups in total. The number of imidazole rings is 3. The minimum absolute atomic E-state index is 0. The molecule has 0 aliphatic heterocycles. The molecule has 0 amide bonds. The minimum atomic E-state index is -4.69. The van der Waals surface area contributed by atoms with E-state index >= 15 is 0 Å². The van der Waals surface area contributed by atoms with Crippen molar-refractivity contribution in [3.05, 3.63) is 56.2 Å².